The van der Waals surface area contributed by atoms with Crippen molar-refractivity contribution in [1.29, 1.82) is 0 Å². The Balaban J connectivity index is 2.58. The van der Waals surface area contributed by atoms with Gasteiger partial charge in [-0.2, -0.15) is 0 Å². The van der Waals surface area contributed by atoms with E-state index in [-0.39, 0.29) is 19.1 Å². The molecular formula is C12H16BrNO3. The predicted molar refractivity (Wildman–Crippen MR) is 69.1 cm³/mol. The van der Waals surface area contributed by atoms with Crippen molar-refractivity contribution in [3.8, 4) is 0 Å². The second-order valence-electron chi connectivity index (χ2n) is 3.78. The molecule has 1 rings (SSSR count). The first-order valence-electron chi connectivity index (χ1n) is 5.26. The maximum absolute atomic E-state index is 11.8. The number of nitrogens with one attached hydrogen (secondary N) is 1. The largest absolute Gasteiger partial charge is 0.389 e. The number of hydrogen-bond acceptors (Lipinski definition) is 3. The summed E-state index contributed by atoms with van der Waals surface area (Å²) in [7, 11) is 1.50. The fourth-order valence-electron chi connectivity index (χ4n) is 1.44. The zero-order valence-electron chi connectivity index (χ0n) is 9.87. The molecule has 0 fully saturated rings. The molecule has 0 spiro atoms. The third-order valence-corrected chi connectivity index (χ3v) is 2.78. The molecule has 0 heterocycles. The van der Waals surface area contributed by atoms with Gasteiger partial charge in [-0.05, 0) is 30.7 Å². The molecule has 1 aromatic rings. The van der Waals surface area contributed by atoms with Crippen LogP contribution in [0.5, 0.6) is 0 Å². The van der Waals surface area contributed by atoms with Crippen molar-refractivity contribution >= 4 is 21.8 Å². The van der Waals surface area contributed by atoms with Gasteiger partial charge in [-0.25, -0.2) is 0 Å². The Hall–Kier alpha value is -0.910. The van der Waals surface area contributed by atoms with Crippen molar-refractivity contribution in [2.45, 2.75) is 13.0 Å². The summed E-state index contributed by atoms with van der Waals surface area (Å²) in [6.07, 6.45) is -0.681. The summed E-state index contributed by atoms with van der Waals surface area (Å²) in [5, 5.41) is 12.1. The van der Waals surface area contributed by atoms with Gasteiger partial charge < -0.3 is 15.2 Å². The number of rotatable bonds is 5. The lowest BCUT2D eigenvalue weighted by molar-refractivity contribution is 0.0609. The minimum atomic E-state index is -0.681. The van der Waals surface area contributed by atoms with Gasteiger partial charge in [0.2, 0.25) is 0 Å². The van der Waals surface area contributed by atoms with E-state index in [4.69, 9.17) is 4.74 Å². The first kappa shape index (κ1) is 14.2. The third kappa shape index (κ3) is 4.46. The molecule has 5 heteroatoms. The van der Waals surface area contributed by atoms with E-state index in [9.17, 15) is 9.90 Å². The molecule has 2 N–H and O–H groups in total. The van der Waals surface area contributed by atoms with Crippen molar-refractivity contribution in [2.24, 2.45) is 0 Å². The lowest BCUT2D eigenvalue weighted by Gasteiger charge is -2.12. The highest BCUT2D eigenvalue weighted by atomic mass is 79.9. The van der Waals surface area contributed by atoms with Gasteiger partial charge in [0.25, 0.3) is 5.91 Å². The van der Waals surface area contributed by atoms with Crippen LogP contribution in [0.3, 0.4) is 0 Å². The van der Waals surface area contributed by atoms with Crippen molar-refractivity contribution in [3.05, 3.63) is 33.8 Å². The molecule has 94 valence electrons. The lowest BCUT2D eigenvalue weighted by atomic mass is 10.1. The Bertz CT molecular complexity index is 395. The summed E-state index contributed by atoms with van der Waals surface area (Å²) in [5.74, 6) is -0.190. The summed E-state index contributed by atoms with van der Waals surface area (Å²) < 4.78 is 5.71. The fraction of sp³-hybridized carbons (Fsp3) is 0.417. The number of aliphatic hydroxyl groups is 1. The first-order chi connectivity index (χ1) is 8.04. The van der Waals surface area contributed by atoms with Crippen molar-refractivity contribution < 1.29 is 14.6 Å². The Labute approximate surface area is 109 Å². The summed E-state index contributed by atoms with van der Waals surface area (Å²) in [6, 6.07) is 5.44. The van der Waals surface area contributed by atoms with Crippen molar-refractivity contribution in [1.82, 2.24) is 5.32 Å². The van der Waals surface area contributed by atoms with Crippen LogP contribution < -0.4 is 5.32 Å². The number of benzene rings is 1. The molecule has 1 amide bonds. The van der Waals surface area contributed by atoms with Crippen LogP contribution in [0.1, 0.15) is 15.9 Å². The molecule has 0 bridgehead atoms. The SMILES string of the molecule is COCC(O)CNC(=O)c1ccc(Br)cc1C. The van der Waals surface area contributed by atoms with Gasteiger partial charge in [0.1, 0.15) is 0 Å². The quantitative estimate of drug-likeness (QED) is 0.866. The Morgan fingerprint density at radius 2 is 2.29 bits per heavy atom. The van der Waals surface area contributed by atoms with E-state index >= 15 is 0 Å². The van der Waals surface area contributed by atoms with Crippen LogP contribution in [-0.4, -0.2) is 37.4 Å². The number of aliphatic hydroxyl groups excluding tert-OH is 1. The smallest absolute Gasteiger partial charge is 0.251 e. The van der Waals surface area contributed by atoms with Gasteiger partial charge in [0, 0.05) is 23.7 Å². The highest BCUT2D eigenvalue weighted by Gasteiger charge is 2.11. The van der Waals surface area contributed by atoms with Gasteiger partial charge in [-0.3, -0.25) is 4.79 Å². The molecule has 0 saturated carbocycles. The number of methoxy groups -OCH3 is 1. The van der Waals surface area contributed by atoms with Gasteiger partial charge in [-0.15, -0.1) is 0 Å². The van der Waals surface area contributed by atoms with Gasteiger partial charge in [-0.1, -0.05) is 15.9 Å². The number of ether oxygens (including phenoxy) is 1. The van der Waals surface area contributed by atoms with E-state index in [1.54, 1.807) is 6.07 Å². The number of aryl methyl sites for hydroxylation is 1. The summed E-state index contributed by atoms with van der Waals surface area (Å²) in [6.45, 7) is 2.26. The predicted octanol–water partition coefficient (Wildman–Crippen LogP) is 1.49. The summed E-state index contributed by atoms with van der Waals surface area (Å²) in [4.78, 5) is 11.8. The maximum Gasteiger partial charge on any atom is 0.251 e. The second kappa shape index (κ2) is 6.74. The monoisotopic (exact) mass is 301 g/mol. The van der Waals surface area contributed by atoms with Crippen LogP contribution in [0.25, 0.3) is 0 Å². The zero-order valence-corrected chi connectivity index (χ0v) is 11.5. The molecule has 0 saturated heterocycles. The molecule has 0 aliphatic rings. The number of halogens is 1. The molecule has 1 unspecified atom stereocenters. The standard InChI is InChI=1S/C12H16BrNO3/c1-8-5-9(13)3-4-11(8)12(16)14-6-10(15)7-17-2/h3-5,10,15H,6-7H2,1-2H3,(H,14,16). The minimum absolute atomic E-state index is 0.183. The second-order valence-corrected chi connectivity index (χ2v) is 4.69. The molecular weight excluding hydrogens is 286 g/mol. The number of amides is 1. The highest BCUT2D eigenvalue weighted by Crippen LogP contribution is 2.15. The molecule has 17 heavy (non-hydrogen) atoms. The lowest BCUT2D eigenvalue weighted by Crippen LogP contribution is -2.34. The van der Waals surface area contributed by atoms with E-state index in [1.165, 1.54) is 7.11 Å². The van der Waals surface area contributed by atoms with Crippen molar-refractivity contribution in [2.75, 3.05) is 20.3 Å². The third-order valence-electron chi connectivity index (χ3n) is 2.29. The number of hydrogen-bond donors (Lipinski definition) is 2. The van der Waals surface area contributed by atoms with Crippen LogP contribution in [0, 0.1) is 6.92 Å². The van der Waals surface area contributed by atoms with Gasteiger partial charge in [0.15, 0.2) is 0 Å². The normalized spacial score (nSPS) is 12.2. The number of carbonyl (C=O) groups is 1. The van der Waals surface area contributed by atoms with E-state index < -0.39 is 6.10 Å². The highest BCUT2D eigenvalue weighted by molar-refractivity contribution is 9.10. The van der Waals surface area contributed by atoms with Gasteiger partial charge in [0.05, 0.1) is 12.7 Å². The minimum Gasteiger partial charge on any atom is -0.389 e. The average Bonchev–Trinajstić information content (AvgIpc) is 2.26. The van der Waals surface area contributed by atoms with Crippen LogP contribution in [0.15, 0.2) is 22.7 Å². The van der Waals surface area contributed by atoms with E-state index in [0.717, 1.165) is 10.0 Å². The first-order valence-corrected chi connectivity index (χ1v) is 6.05. The van der Waals surface area contributed by atoms with Crippen LogP contribution in [0.2, 0.25) is 0 Å². The molecule has 1 aromatic carbocycles. The summed E-state index contributed by atoms with van der Waals surface area (Å²) >= 11 is 3.34. The Morgan fingerprint density at radius 3 is 2.88 bits per heavy atom. The molecule has 1 atom stereocenters. The molecule has 0 aromatic heterocycles. The topological polar surface area (TPSA) is 58.6 Å². The molecule has 0 aliphatic heterocycles. The maximum atomic E-state index is 11.8. The van der Waals surface area contributed by atoms with Crippen molar-refractivity contribution in [3.63, 3.8) is 0 Å². The van der Waals surface area contributed by atoms with E-state index in [2.05, 4.69) is 21.2 Å². The molecule has 4 nitrogen and oxygen atoms in total. The van der Waals surface area contributed by atoms with Crippen LogP contribution in [-0.2, 0) is 4.74 Å². The van der Waals surface area contributed by atoms with Crippen LogP contribution in [0.4, 0.5) is 0 Å². The average molecular weight is 302 g/mol. The fourth-order valence-corrected chi connectivity index (χ4v) is 1.91. The van der Waals surface area contributed by atoms with E-state index in [0.29, 0.717) is 5.56 Å². The summed E-state index contributed by atoms with van der Waals surface area (Å²) in [5.41, 5.74) is 1.50. The molecule has 0 radical (unpaired) electrons. The number of carbonyl (C=O) groups excluding carboxylic acids is 1. The van der Waals surface area contributed by atoms with Crippen LogP contribution >= 0.6 is 15.9 Å². The molecule has 0 aliphatic carbocycles. The Kier molecular flexibility index (Phi) is 5.61. The Morgan fingerprint density at radius 1 is 1.59 bits per heavy atom. The van der Waals surface area contributed by atoms with E-state index in [1.807, 2.05) is 19.1 Å². The zero-order chi connectivity index (χ0) is 12.8. The van der Waals surface area contributed by atoms with Gasteiger partial charge >= 0.3 is 0 Å².